The average Bonchev–Trinajstić information content (AvgIpc) is 2.90. The number of H-pyrrole nitrogens is 1. The van der Waals surface area contributed by atoms with Gasteiger partial charge in [-0.25, -0.2) is 4.98 Å². The molecule has 0 spiro atoms. The molecule has 4 nitrogen and oxygen atoms in total. The van der Waals surface area contributed by atoms with E-state index < -0.39 is 0 Å². The number of aromatic nitrogens is 2. The highest BCUT2D eigenvalue weighted by Crippen LogP contribution is 2.17. The minimum absolute atomic E-state index is 0.135. The summed E-state index contributed by atoms with van der Waals surface area (Å²) in [5, 5.41) is 3.36. The molecule has 0 bridgehead atoms. The second kappa shape index (κ2) is 5.69. The molecule has 0 saturated heterocycles. The van der Waals surface area contributed by atoms with Crippen molar-refractivity contribution in [3.63, 3.8) is 0 Å². The molecular formula is C13H14ClN3O. The Morgan fingerprint density at radius 2 is 2.28 bits per heavy atom. The SMILES string of the molecule is CCC(NC(=O)c1ccccc1Cl)c1ncc[nH]1. The van der Waals surface area contributed by atoms with Gasteiger partial charge >= 0.3 is 0 Å². The fourth-order valence-corrected chi connectivity index (χ4v) is 1.93. The molecule has 0 radical (unpaired) electrons. The molecule has 1 aromatic heterocycles. The third-order valence-corrected chi connectivity index (χ3v) is 3.01. The molecule has 2 aromatic rings. The first kappa shape index (κ1) is 12.6. The van der Waals surface area contributed by atoms with Gasteiger partial charge in [0, 0.05) is 12.4 Å². The van der Waals surface area contributed by atoms with Crippen LogP contribution >= 0.6 is 11.6 Å². The zero-order valence-corrected chi connectivity index (χ0v) is 10.7. The van der Waals surface area contributed by atoms with Gasteiger partial charge in [0.1, 0.15) is 5.82 Å². The van der Waals surface area contributed by atoms with E-state index in [1.165, 1.54) is 0 Å². The number of nitrogens with one attached hydrogen (secondary N) is 2. The largest absolute Gasteiger partial charge is 0.347 e. The lowest BCUT2D eigenvalue weighted by Gasteiger charge is -2.15. The summed E-state index contributed by atoms with van der Waals surface area (Å²) in [7, 11) is 0. The molecule has 1 heterocycles. The highest BCUT2D eigenvalue weighted by atomic mass is 35.5. The third kappa shape index (κ3) is 2.71. The van der Waals surface area contributed by atoms with E-state index in [4.69, 9.17) is 11.6 Å². The predicted molar refractivity (Wildman–Crippen MR) is 70.5 cm³/mol. The zero-order chi connectivity index (χ0) is 13.0. The van der Waals surface area contributed by atoms with Gasteiger partial charge in [-0.3, -0.25) is 4.79 Å². The van der Waals surface area contributed by atoms with Gasteiger partial charge in [-0.2, -0.15) is 0 Å². The molecule has 1 aromatic carbocycles. The number of nitrogens with zero attached hydrogens (tertiary/aromatic N) is 1. The summed E-state index contributed by atoms with van der Waals surface area (Å²) in [5.41, 5.74) is 0.476. The maximum atomic E-state index is 12.1. The molecule has 1 unspecified atom stereocenters. The number of hydrogen-bond donors (Lipinski definition) is 2. The van der Waals surface area contributed by atoms with Crippen LogP contribution in [0.5, 0.6) is 0 Å². The fourth-order valence-electron chi connectivity index (χ4n) is 1.71. The molecule has 1 amide bonds. The molecule has 0 aliphatic rings. The van der Waals surface area contributed by atoms with E-state index in [0.717, 1.165) is 12.2 Å². The van der Waals surface area contributed by atoms with Crippen LogP contribution in [-0.2, 0) is 0 Å². The fraction of sp³-hybridized carbons (Fsp3) is 0.231. The van der Waals surface area contributed by atoms with Gasteiger partial charge < -0.3 is 10.3 Å². The number of halogens is 1. The van der Waals surface area contributed by atoms with E-state index >= 15 is 0 Å². The first-order valence-electron chi connectivity index (χ1n) is 5.77. The summed E-state index contributed by atoms with van der Waals surface area (Å²) in [6.45, 7) is 1.99. The normalized spacial score (nSPS) is 12.1. The molecule has 18 heavy (non-hydrogen) atoms. The van der Waals surface area contributed by atoms with E-state index in [2.05, 4.69) is 15.3 Å². The van der Waals surface area contributed by atoms with Gasteiger partial charge in [0.2, 0.25) is 0 Å². The molecule has 5 heteroatoms. The second-order valence-electron chi connectivity index (χ2n) is 3.89. The smallest absolute Gasteiger partial charge is 0.253 e. The van der Waals surface area contributed by atoms with E-state index in [1.54, 1.807) is 36.7 Å². The highest BCUT2D eigenvalue weighted by molar-refractivity contribution is 6.33. The van der Waals surface area contributed by atoms with Crippen molar-refractivity contribution in [2.45, 2.75) is 19.4 Å². The standard InChI is InChI=1S/C13H14ClN3O/c1-2-11(12-15-7-8-16-12)17-13(18)9-5-3-4-6-10(9)14/h3-8,11H,2H2,1H3,(H,15,16)(H,17,18). The Hall–Kier alpha value is -1.81. The Morgan fingerprint density at radius 3 is 2.89 bits per heavy atom. The monoisotopic (exact) mass is 263 g/mol. The van der Waals surface area contributed by atoms with Crippen LogP contribution in [0, 0.1) is 0 Å². The Labute approximate surface area is 110 Å². The first-order chi connectivity index (χ1) is 8.72. The van der Waals surface area contributed by atoms with Crippen molar-refractivity contribution in [2.75, 3.05) is 0 Å². The lowest BCUT2D eigenvalue weighted by atomic mass is 10.1. The van der Waals surface area contributed by atoms with Gasteiger partial charge in [0.25, 0.3) is 5.91 Å². The molecule has 2 N–H and O–H groups in total. The van der Waals surface area contributed by atoms with Crippen LogP contribution in [0.4, 0.5) is 0 Å². The number of imidazole rings is 1. The zero-order valence-electron chi connectivity index (χ0n) is 9.98. The van der Waals surface area contributed by atoms with Gasteiger partial charge in [0.05, 0.1) is 16.6 Å². The van der Waals surface area contributed by atoms with Crippen molar-refractivity contribution in [2.24, 2.45) is 0 Å². The van der Waals surface area contributed by atoms with Crippen molar-refractivity contribution >= 4 is 17.5 Å². The van der Waals surface area contributed by atoms with E-state index in [0.29, 0.717) is 10.6 Å². The summed E-state index contributed by atoms with van der Waals surface area (Å²) in [5.74, 6) is 0.557. The Balaban J connectivity index is 2.14. The van der Waals surface area contributed by atoms with Crippen molar-refractivity contribution in [1.82, 2.24) is 15.3 Å². The van der Waals surface area contributed by atoms with Crippen LogP contribution in [0.25, 0.3) is 0 Å². The van der Waals surface area contributed by atoms with Crippen molar-refractivity contribution in [1.29, 1.82) is 0 Å². The van der Waals surface area contributed by atoms with Crippen LogP contribution in [0.1, 0.15) is 35.6 Å². The quantitative estimate of drug-likeness (QED) is 0.891. The highest BCUT2D eigenvalue weighted by Gasteiger charge is 2.17. The summed E-state index contributed by atoms with van der Waals surface area (Å²) >= 11 is 5.99. The summed E-state index contributed by atoms with van der Waals surface area (Å²) in [4.78, 5) is 19.2. The number of carbonyl (C=O) groups excluding carboxylic acids is 1. The third-order valence-electron chi connectivity index (χ3n) is 2.68. The van der Waals surface area contributed by atoms with Crippen LogP contribution < -0.4 is 5.32 Å². The predicted octanol–water partition coefficient (Wildman–Crippen LogP) is 2.94. The van der Waals surface area contributed by atoms with Gasteiger partial charge in [-0.1, -0.05) is 30.7 Å². The maximum absolute atomic E-state index is 12.1. The number of benzene rings is 1. The molecule has 2 rings (SSSR count). The van der Waals surface area contributed by atoms with Crippen molar-refractivity contribution in [3.8, 4) is 0 Å². The lowest BCUT2D eigenvalue weighted by molar-refractivity contribution is 0.0934. The van der Waals surface area contributed by atoms with Crippen molar-refractivity contribution < 1.29 is 4.79 Å². The molecule has 0 aliphatic carbocycles. The topological polar surface area (TPSA) is 57.8 Å². The number of carbonyl (C=O) groups is 1. The molecular weight excluding hydrogens is 250 g/mol. The average molecular weight is 264 g/mol. The van der Waals surface area contributed by atoms with E-state index in [-0.39, 0.29) is 11.9 Å². The van der Waals surface area contributed by atoms with E-state index in [1.807, 2.05) is 6.92 Å². The number of aromatic amines is 1. The summed E-state index contributed by atoms with van der Waals surface area (Å²) < 4.78 is 0. The van der Waals surface area contributed by atoms with Crippen LogP contribution in [-0.4, -0.2) is 15.9 Å². The minimum Gasteiger partial charge on any atom is -0.347 e. The first-order valence-corrected chi connectivity index (χ1v) is 6.14. The number of amides is 1. The van der Waals surface area contributed by atoms with Gasteiger partial charge in [0.15, 0.2) is 0 Å². The van der Waals surface area contributed by atoms with Crippen molar-refractivity contribution in [3.05, 3.63) is 53.1 Å². The Morgan fingerprint density at radius 1 is 1.50 bits per heavy atom. The van der Waals surface area contributed by atoms with E-state index in [9.17, 15) is 4.79 Å². The maximum Gasteiger partial charge on any atom is 0.253 e. The summed E-state index contributed by atoms with van der Waals surface area (Å²) in [6, 6.07) is 6.85. The summed E-state index contributed by atoms with van der Waals surface area (Å²) in [6.07, 6.45) is 4.16. The van der Waals surface area contributed by atoms with Gasteiger partial charge in [-0.05, 0) is 18.6 Å². The molecule has 1 atom stereocenters. The Bertz CT molecular complexity index is 525. The van der Waals surface area contributed by atoms with Crippen LogP contribution in [0.3, 0.4) is 0 Å². The minimum atomic E-state index is -0.191. The molecule has 94 valence electrons. The number of rotatable bonds is 4. The Kier molecular flexibility index (Phi) is 3.99. The molecule has 0 aliphatic heterocycles. The lowest BCUT2D eigenvalue weighted by Crippen LogP contribution is -2.29. The van der Waals surface area contributed by atoms with Crippen LogP contribution in [0.15, 0.2) is 36.7 Å². The van der Waals surface area contributed by atoms with Gasteiger partial charge in [-0.15, -0.1) is 0 Å². The molecule has 0 fully saturated rings. The van der Waals surface area contributed by atoms with Crippen LogP contribution in [0.2, 0.25) is 5.02 Å². The molecule has 0 saturated carbocycles. The number of hydrogen-bond acceptors (Lipinski definition) is 2. The second-order valence-corrected chi connectivity index (χ2v) is 4.30.